The Morgan fingerprint density at radius 1 is 1.32 bits per heavy atom. The zero-order chi connectivity index (χ0) is 20.3. The number of ether oxygens (including phenoxy) is 2. The highest BCUT2D eigenvalue weighted by Crippen LogP contribution is 2.41. The van der Waals surface area contributed by atoms with E-state index >= 15 is 0 Å². The van der Waals surface area contributed by atoms with Crippen molar-refractivity contribution in [1.82, 2.24) is 14.3 Å². The number of methoxy groups -OCH3 is 2. The van der Waals surface area contributed by atoms with Crippen LogP contribution in [0.5, 0.6) is 6.01 Å². The first-order chi connectivity index (χ1) is 13.5. The van der Waals surface area contributed by atoms with Crippen LogP contribution in [0, 0.1) is 11.8 Å². The maximum atomic E-state index is 13.7. The highest BCUT2D eigenvalue weighted by atomic mass is 32.1. The molecule has 8 nitrogen and oxygen atoms in total. The summed E-state index contributed by atoms with van der Waals surface area (Å²) in [7, 11) is 2.91. The molecule has 1 aliphatic heterocycles. The number of nitrogens with one attached hydrogen (secondary N) is 1. The Labute approximate surface area is 170 Å². The third-order valence-electron chi connectivity index (χ3n) is 6.16. The summed E-state index contributed by atoms with van der Waals surface area (Å²) >= 11 is 1.17. The first kappa shape index (κ1) is 20.8. The van der Waals surface area contributed by atoms with Gasteiger partial charge in [0.15, 0.2) is 0 Å². The molecule has 156 valence electrons. The van der Waals surface area contributed by atoms with Crippen molar-refractivity contribution in [2.24, 2.45) is 11.8 Å². The summed E-state index contributed by atoms with van der Waals surface area (Å²) in [6, 6.07) is -0.579. The predicted molar refractivity (Wildman–Crippen MR) is 106 cm³/mol. The minimum Gasteiger partial charge on any atom is -0.467 e. The maximum Gasteiger partial charge on any atom is 0.329 e. The molecule has 1 amide bonds. The minimum atomic E-state index is -0.497. The van der Waals surface area contributed by atoms with Gasteiger partial charge in [0, 0.05) is 17.6 Å². The van der Waals surface area contributed by atoms with Crippen LogP contribution in [0.25, 0.3) is 0 Å². The number of carbonyl (C=O) groups excluding carboxylic acids is 2. The fourth-order valence-corrected chi connectivity index (χ4v) is 5.03. The lowest BCUT2D eigenvalue weighted by atomic mass is 9.84. The lowest BCUT2D eigenvalue weighted by Gasteiger charge is -2.37. The monoisotopic (exact) mass is 410 g/mol. The van der Waals surface area contributed by atoms with Crippen molar-refractivity contribution >= 4 is 28.5 Å². The van der Waals surface area contributed by atoms with Gasteiger partial charge in [0.25, 0.3) is 0 Å². The van der Waals surface area contributed by atoms with Gasteiger partial charge >= 0.3 is 12.0 Å². The Hall–Kier alpha value is -1.90. The van der Waals surface area contributed by atoms with Gasteiger partial charge in [0.1, 0.15) is 12.1 Å². The third kappa shape index (κ3) is 4.09. The second-order valence-electron chi connectivity index (χ2n) is 7.73. The molecule has 28 heavy (non-hydrogen) atoms. The Balaban J connectivity index is 1.86. The van der Waals surface area contributed by atoms with Crippen molar-refractivity contribution in [3.8, 4) is 6.01 Å². The maximum absolute atomic E-state index is 13.7. The highest BCUT2D eigenvalue weighted by Gasteiger charge is 2.49. The topological polar surface area (TPSA) is 93.7 Å². The summed E-state index contributed by atoms with van der Waals surface area (Å²) in [5, 5.41) is 3.80. The molecule has 3 rings (SSSR count). The number of amides is 1. The van der Waals surface area contributed by atoms with E-state index < -0.39 is 12.1 Å². The Bertz CT molecular complexity index is 697. The molecular weight excluding hydrogens is 380 g/mol. The quantitative estimate of drug-likeness (QED) is 0.691. The number of hydrogen-bond acceptors (Lipinski definition) is 8. The number of likely N-dealkylation sites (tertiary alicyclic amines) is 1. The van der Waals surface area contributed by atoms with Crippen LogP contribution in [0.15, 0.2) is 0 Å². The smallest absolute Gasteiger partial charge is 0.329 e. The standard InChI is InChI=1S/C19H30N4O4S/c1-5-11(2)15(20-19-21-18(27-4)22-28-19)16(24)23-13-9-7-6-8-12(13)10-14(23)17(25)26-3/h11-15H,5-10H2,1-4H3,(H,20,21,22)/t11-,12?,13?,14?,15-/m0/s1. The van der Waals surface area contributed by atoms with E-state index in [1.165, 1.54) is 25.8 Å². The van der Waals surface area contributed by atoms with Gasteiger partial charge < -0.3 is 19.7 Å². The summed E-state index contributed by atoms with van der Waals surface area (Å²) in [5.74, 6) is 0.0842. The van der Waals surface area contributed by atoms with E-state index in [1.807, 2.05) is 11.8 Å². The molecule has 2 heterocycles. The van der Waals surface area contributed by atoms with Gasteiger partial charge in [-0.25, -0.2) is 4.79 Å². The van der Waals surface area contributed by atoms with E-state index in [1.54, 1.807) is 0 Å². The van der Waals surface area contributed by atoms with Crippen molar-refractivity contribution < 1.29 is 19.1 Å². The molecule has 0 aromatic carbocycles. The van der Waals surface area contributed by atoms with Gasteiger partial charge in [-0.1, -0.05) is 33.1 Å². The first-order valence-corrected chi connectivity index (χ1v) is 10.8. The number of esters is 1. The van der Waals surface area contributed by atoms with E-state index in [0.29, 0.717) is 17.5 Å². The zero-order valence-corrected chi connectivity index (χ0v) is 17.8. The molecule has 1 N–H and O–H groups in total. The summed E-state index contributed by atoms with van der Waals surface area (Å²) in [5.41, 5.74) is 0. The Kier molecular flexibility index (Phi) is 6.74. The van der Waals surface area contributed by atoms with Gasteiger partial charge in [-0.05, 0) is 31.1 Å². The number of carbonyl (C=O) groups is 2. The zero-order valence-electron chi connectivity index (χ0n) is 17.0. The molecule has 1 saturated carbocycles. The van der Waals surface area contributed by atoms with Gasteiger partial charge in [-0.3, -0.25) is 4.79 Å². The normalized spacial score (nSPS) is 26.3. The molecule has 5 atom stereocenters. The molecule has 1 aromatic heterocycles. The molecule has 1 saturated heterocycles. The number of anilines is 1. The van der Waals surface area contributed by atoms with Gasteiger partial charge in [-0.15, -0.1) is 4.37 Å². The van der Waals surface area contributed by atoms with Crippen molar-refractivity contribution in [1.29, 1.82) is 0 Å². The first-order valence-electron chi connectivity index (χ1n) is 10.0. The van der Waals surface area contributed by atoms with E-state index in [2.05, 4.69) is 21.6 Å². The number of rotatable bonds is 7. The van der Waals surface area contributed by atoms with Crippen LogP contribution in [0.3, 0.4) is 0 Å². The molecule has 2 fully saturated rings. The number of nitrogens with zero attached hydrogens (tertiary/aromatic N) is 3. The summed E-state index contributed by atoms with van der Waals surface area (Å²) in [6.07, 6.45) is 5.79. The van der Waals surface area contributed by atoms with Crippen LogP contribution in [0.2, 0.25) is 0 Å². The fourth-order valence-electron chi connectivity index (χ4n) is 4.45. The molecule has 0 radical (unpaired) electrons. The second-order valence-corrected chi connectivity index (χ2v) is 8.48. The summed E-state index contributed by atoms with van der Waals surface area (Å²) in [6.45, 7) is 4.09. The molecule has 3 unspecified atom stereocenters. The van der Waals surface area contributed by atoms with Crippen LogP contribution < -0.4 is 10.1 Å². The number of hydrogen-bond donors (Lipinski definition) is 1. The molecule has 2 aliphatic rings. The lowest BCUT2D eigenvalue weighted by Crippen LogP contribution is -2.53. The largest absolute Gasteiger partial charge is 0.467 e. The Morgan fingerprint density at radius 2 is 2.07 bits per heavy atom. The lowest BCUT2D eigenvalue weighted by molar-refractivity contribution is -0.153. The van der Waals surface area contributed by atoms with Gasteiger partial charge in [0.05, 0.1) is 14.2 Å². The molecular formula is C19H30N4O4S. The average molecular weight is 411 g/mol. The highest BCUT2D eigenvalue weighted by molar-refractivity contribution is 7.09. The van der Waals surface area contributed by atoms with E-state index in [9.17, 15) is 9.59 Å². The van der Waals surface area contributed by atoms with E-state index in [4.69, 9.17) is 9.47 Å². The van der Waals surface area contributed by atoms with Crippen LogP contribution >= 0.6 is 11.5 Å². The second kappa shape index (κ2) is 9.07. The Morgan fingerprint density at radius 3 is 2.71 bits per heavy atom. The third-order valence-corrected chi connectivity index (χ3v) is 6.79. The van der Waals surface area contributed by atoms with E-state index in [0.717, 1.165) is 32.1 Å². The van der Waals surface area contributed by atoms with Gasteiger partial charge in [0.2, 0.25) is 11.0 Å². The van der Waals surface area contributed by atoms with Crippen LogP contribution in [-0.2, 0) is 14.3 Å². The van der Waals surface area contributed by atoms with Gasteiger partial charge in [-0.2, -0.15) is 4.98 Å². The molecule has 0 spiro atoms. The molecule has 1 aromatic rings. The SMILES string of the molecule is CC[C@H](C)[C@H](Nc1nc(OC)ns1)C(=O)N1C(C(=O)OC)CC2CCCCC21. The number of aromatic nitrogens is 2. The average Bonchev–Trinajstić information content (AvgIpc) is 3.34. The summed E-state index contributed by atoms with van der Waals surface area (Å²) < 4.78 is 14.2. The van der Waals surface area contributed by atoms with E-state index in [-0.39, 0.29) is 29.8 Å². The van der Waals surface area contributed by atoms with Crippen molar-refractivity contribution in [3.05, 3.63) is 0 Å². The minimum absolute atomic E-state index is 0.0479. The predicted octanol–water partition coefficient (Wildman–Crippen LogP) is 2.71. The van der Waals surface area contributed by atoms with Crippen LogP contribution in [0.4, 0.5) is 5.13 Å². The summed E-state index contributed by atoms with van der Waals surface area (Å²) in [4.78, 5) is 32.2. The van der Waals surface area contributed by atoms with Crippen LogP contribution in [-0.4, -0.2) is 58.5 Å². The fraction of sp³-hybridized carbons (Fsp3) is 0.789. The van der Waals surface area contributed by atoms with Crippen molar-refractivity contribution in [2.75, 3.05) is 19.5 Å². The molecule has 0 bridgehead atoms. The van der Waals surface area contributed by atoms with Crippen molar-refractivity contribution in [3.63, 3.8) is 0 Å². The van der Waals surface area contributed by atoms with Crippen LogP contribution in [0.1, 0.15) is 52.4 Å². The molecule has 9 heteroatoms. The molecule has 1 aliphatic carbocycles. The number of fused-ring (bicyclic) bond motifs is 1. The van der Waals surface area contributed by atoms with Crippen molar-refractivity contribution in [2.45, 2.75) is 70.5 Å².